The zero-order valence-electron chi connectivity index (χ0n) is 8.31. The standard InChI is InChI=1S/C12H8ClN3/c13-10-1-2-11(12(15)4-10)9-3-8(5-14)6-16-7-9/h1-4,6-7H,15H2. The van der Waals surface area contributed by atoms with Gasteiger partial charge in [0.25, 0.3) is 0 Å². The Labute approximate surface area is 98.1 Å². The number of nitrogen functional groups attached to an aromatic ring is 1. The third-order valence-corrected chi connectivity index (χ3v) is 2.43. The van der Waals surface area contributed by atoms with Crippen LogP contribution in [0.4, 0.5) is 5.69 Å². The van der Waals surface area contributed by atoms with Crippen LogP contribution in [0.5, 0.6) is 0 Å². The fourth-order valence-electron chi connectivity index (χ4n) is 1.44. The SMILES string of the molecule is N#Cc1cncc(-c2ccc(Cl)cc2N)c1. The summed E-state index contributed by atoms with van der Waals surface area (Å²) in [6.07, 6.45) is 3.18. The second kappa shape index (κ2) is 4.21. The smallest absolute Gasteiger partial charge is 0.101 e. The summed E-state index contributed by atoms with van der Waals surface area (Å²) in [6, 6.07) is 9.03. The summed E-state index contributed by atoms with van der Waals surface area (Å²) in [5.41, 5.74) is 8.57. The third kappa shape index (κ3) is 1.97. The van der Waals surface area contributed by atoms with Crippen LogP contribution in [0.3, 0.4) is 0 Å². The Kier molecular flexibility index (Phi) is 2.76. The van der Waals surface area contributed by atoms with Gasteiger partial charge in [-0.15, -0.1) is 0 Å². The summed E-state index contributed by atoms with van der Waals surface area (Å²) >= 11 is 5.81. The average molecular weight is 230 g/mol. The molecule has 0 aliphatic rings. The number of rotatable bonds is 1. The monoisotopic (exact) mass is 229 g/mol. The number of nitriles is 1. The van der Waals surface area contributed by atoms with Crippen LogP contribution in [-0.2, 0) is 0 Å². The molecule has 1 aromatic carbocycles. The highest BCUT2D eigenvalue weighted by Gasteiger charge is 2.04. The predicted octanol–water partition coefficient (Wildman–Crippen LogP) is 2.86. The van der Waals surface area contributed by atoms with Crippen LogP contribution in [0.1, 0.15) is 5.56 Å². The molecule has 0 saturated carbocycles. The molecule has 0 atom stereocenters. The van der Waals surface area contributed by atoms with Gasteiger partial charge < -0.3 is 5.73 Å². The maximum atomic E-state index is 8.78. The Morgan fingerprint density at radius 2 is 2.06 bits per heavy atom. The molecule has 78 valence electrons. The van der Waals surface area contributed by atoms with Crippen molar-refractivity contribution in [1.82, 2.24) is 4.98 Å². The van der Waals surface area contributed by atoms with Crippen LogP contribution >= 0.6 is 11.6 Å². The van der Waals surface area contributed by atoms with E-state index in [1.54, 1.807) is 24.4 Å². The minimum absolute atomic E-state index is 0.506. The fraction of sp³-hybridized carbons (Fsp3) is 0. The van der Waals surface area contributed by atoms with Crippen molar-refractivity contribution in [2.45, 2.75) is 0 Å². The predicted molar refractivity (Wildman–Crippen MR) is 63.8 cm³/mol. The lowest BCUT2D eigenvalue weighted by atomic mass is 10.0. The Morgan fingerprint density at radius 3 is 2.75 bits per heavy atom. The van der Waals surface area contributed by atoms with Gasteiger partial charge in [-0.2, -0.15) is 5.26 Å². The molecule has 0 amide bonds. The van der Waals surface area contributed by atoms with Gasteiger partial charge in [0.05, 0.1) is 5.56 Å². The molecule has 16 heavy (non-hydrogen) atoms. The van der Waals surface area contributed by atoms with E-state index in [-0.39, 0.29) is 0 Å². The van der Waals surface area contributed by atoms with Gasteiger partial charge >= 0.3 is 0 Å². The second-order valence-electron chi connectivity index (χ2n) is 3.31. The molecule has 2 aromatic rings. The quantitative estimate of drug-likeness (QED) is 0.765. The van der Waals surface area contributed by atoms with Gasteiger partial charge in [-0.05, 0) is 18.2 Å². The molecule has 0 fully saturated rings. The van der Waals surface area contributed by atoms with Crippen molar-refractivity contribution in [2.24, 2.45) is 0 Å². The Hall–Kier alpha value is -2.05. The molecule has 0 aliphatic heterocycles. The number of nitrogens with zero attached hydrogens (tertiary/aromatic N) is 2. The number of anilines is 1. The molecule has 0 aliphatic carbocycles. The van der Waals surface area contributed by atoms with Crippen LogP contribution in [-0.4, -0.2) is 4.98 Å². The van der Waals surface area contributed by atoms with E-state index in [0.717, 1.165) is 11.1 Å². The van der Waals surface area contributed by atoms with Gasteiger partial charge in [0.2, 0.25) is 0 Å². The van der Waals surface area contributed by atoms with Crippen molar-refractivity contribution in [3.63, 3.8) is 0 Å². The molecular formula is C12H8ClN3. The summed E-state index contributed by atoms with van der Waals surface area (Å²) in [7, 11) is 0. The third-order valence-electron chi connectivity index (χ3n) is 2.19. The van der Waals surface area contributed by atoms with Crippen LogP contribution < -0.4 is 5.73 Å². The molecule has 0 saturated heterocycles. The minimum atomic E-state index is 0.506. The van der Waals surface area contributed by atoms with Gasteiger partial charge in [-0.25, -0.2) is 0 Å². The van der Waals surface area contributed by atoms with Gasteiger partial charge in [0, 0.05) is 34.2 Å². The zero-order chi connectivity index (χ0) is 11.5. The molecule has 1 heterocycles. The van der Waals surface area contributed by atoms with E-state index in [0.29, 0.717) is 16.3 Å². The van der Waals surface area contributed by atoms with E-state index in [1.807, 2.05) is 12.1 Å². The van der Waals surface area contributed by atoms with Crippen LogP contribution in [0, 0.1) is 11.3 Å². The molecule has 4 heteroatoms. The lowest BCUT2D eigenvalue weighted by Gasteiger charge is -2.05. The first kappa shape index (κ1) is 10.5. The molecular weight excluding hydrogens is 222 g/mol. The number of pyridine rings is 1. The van der Waals surface area contributed by atoms with E-state index in [4.69, 9.17) is 22.6 Å². The van der Waals surface area contributed by atoms with Crippen molar-refractivity contribution in [2.75, 3.05) is 5.73 Å². The summed E-state index contributed by atoms with van der Waals surface area (Å²) in [5.74, 6) is 0. The van der Waals surface area contributed by atoms with Crippen molar-refractivity contribution in [3.05, 3.63) is 47.2 Å². The second-order valence-corrected chi connectivity index (χ2v) is 3.74. The number of hydrogen-bond acceptors (Lipinski definition) is 3. The Balaban J connectivity index is 2.55. The summed E-state index contributed by atoms with van der Waals surface area (Å²) in [4.78, 5) is 3.98. The first-order valence-electron chi connectivity index (χ1n) is 4.61. The number of benzene rings is 1. The Bertz CT molecular complexity index is 573. The molecule has 2 N–H and O–H groups in total. The minimum Gasteiger partial charge on any atom is -0.398 e. The molecule has 2 rings (SSSR count). The van der Waals surface area contributed by atoms with E-state index < -0.39 is 0 Å². The number of aromatic nitrogens is 1. The van der Waals surface area contributed by atoms with E-state index in [2.05, 4.69) is 4.98 Å². The Morgan fingerprint density at radius 1 is 1.25 bits per heavy atom. The molecule has 0 unspecified atom stereocenters. The molecule has 0 radical (unpaired) electrons. The topological polar surface area (TPSA) is 62.7 Å². The number of hydrogen-bond donors (Lipinski definition) is 1. The maximum Gasteiger partial charge on any atom is 0.101 e. The first-order valence-corrected chi connectivity index (χ1v) is 4.99. The van der Waals surface area contributed by atoms with Crippen molar-refractivity contribution < 1.29 is 0 Å². The fourth-order valence-corrected chi connectivity index (χ4v) is 1.63. The van der Waals surface area contributed by atoms with E-state index in [1.165, 1.54) is 6.20 Å². The zero-order valence-corrected chi connectivity index (χ0v) is 9.07. The van der Waals surface area contributed by atoms with Crippen molar-refractivity contribution >= 4 is 17.3 Å². The highest BCUT2D eigenvalue weighted by Crippen LogP contribution is 2.28. The van der Waals surface area contributed by atoms with Gasteiger partial charge in [-0.1, -0.05) is 17.7 Å². The summed E-state index contributed by atoms with van der Waals surface area (Å²) < 4.78 is 0. The van der Waals surface area contributed by atoms with Crippen molar-refractivity contribution in [1.29, 1.82) is 5.26 Å². The first-order chi connectivity index (χ1) is 7.70. The van der Waals surface area contributed by atoms with Crippen LogP contribution in [0.15, 0.2) is 36.7 Å². The van der Waals surface area contributed by atoms with E-state index >= 15 is 0 Å². The van der Waals surface area contributed by atoms with Crippen LogP contribution in [0.2, 0.25) is 5.02 Å². The van der Waals surface area contributed by atoms with Gasteiger partial charge in [0.1, 0.15) is 6.07 Å². The lowest BCUT2D eigenvalue weighted by molar-refractivity contribution is 1.30. The molecule has 3 nitrogen and oxygen atoms in total. The van der Waals surface area contributed by atoms with Crippen molar-refractivity contribution in [3.8, 4) is 17.2 Å². The largest absolute Gasteiger partial charge is 0.398 e. The van der Waals surface area contributed by atoms with E-state index in [9.17, 15) is 0 Å². The normalized spacial score (nSPS) is 9.75. The molecule has 0 spiro atoms. The van der Waals surface area contributed by atoms with Gasteiger partial charge in [0.15, 0.2) is 0 Å². The lowest BCUT2D eigenvalue weighted by Crippen LogP contribution is -1.91. The summed E-state index contributed by atoms with van der Waals surface area (Å²) in [6.45, 7) is 0. The van der Waals surface area contributed by atoms with Gasteiger partial charge in [-0.3, -0.25) is 4.98 Å². The average Bonchev–Trinajstić information content (AvgIpc) is 2.29. The van der Waals surface area contributed by atoms with Crippen LogP contribution in [0.25, 0.3) is 11.1 Å². The maximum absolute atomic E-state index is 8.78. The summed E-state index contributed by atoms with van der Waals surface area (Å²) in [5, 5.41) is 9.37. The molecule has 0 bridgehead atoms. The number of halogens is 1. The molecule has 1 aromatic heterocycles. The highest BCUT2D eigenvalue weighted by molar-refractivity contribution is 6.31. The highest BCUT2D eigenvalue weighted by atomic mass is 35.5. The number of nitrogens with two attached hydrogens (primary N) is 1.